The van der Waals surface area contributed by atoms with Crippen molar-refractivity contribution in [1.82, 2.24) is 4.90 Å². The summed E-state index contributed by atoms with van der Waals surface area (Å²) in [7, 11) is 2.16. The van der Waals surface area contributed by atoms with Crippen molar-refractivity contribution in [3.05, 3.63) is 29.3 Å². The summed E-state index contributed by atoms with van der Waals surface area (Å²) in [5, 5.41) is 3.47. The number of hydrogen-bond donors (Lipinski definition) is 1. The van der Waals surface area contributed by atoms with Crippen molar-refractivity contribution in [1.29, 1.82) is 0 Å². The van der Waals surface area contributed by atoms with Crippen molar-refractivity contribution in [2.45, 2.75) is 19.9 Å². The maximum atomic E-state index is 3.47. The van der Waals surface area contributed by atoms with Crippen LogP contribution in [0.4, 0.5) is 5.69 Å². The van der Waals surface area contributed by atoms with Crippen molar-refractivity contribution in [2.24, 2.45) is 0 Å². The number of rotatable bonds is 3. The van der Waals surface area contributed by atoms with Crippen molar-refractivity contribution in [3.8, 4) is 0 Å². The van der Waals surface area contributed by atoms with Crippen molar-refractivity contribution in [3.63, 3.8) is 0 Å². The second kappa shape index (κ2) is 4.01. The van der Waals surface area contributed by atoms with E-state index in [9.17, 15) is 0 Å². The fourth-order valence-electron chi connectivity index (χ4n) is 1.95. The molecular weight excluding hydrogens is 172 g/mol. The molecule has 0 unspecified atom stereocenters. The third-order valence-electron chi connectivity index (χ3n) is 2.91. The summed E-state index contributed by atoms with van der Waals surface area (Å²) in [6.45, 7) is 5.44. The minimum absolute atomic E-state index is 1.05. The molecule has 2 rings (SSSR count). The van der Waals surface area contributed by atoms with Crippen LogP contribution in [0.25, 0.3) is 0 Å². The van der Waals surface area contributed by atoms with Crippen LogP contribution in [-0.2, 0) is 13.0 Å². The number of para-hydroxylation sites is 1. The lowest BCUT2D eigenvalue weighted by molar-refractivity contribution is 0.346. The molecule has 0 radical (unpaired) electrons. The summed E-state index contributed by atoms with van der Waals surface area (Å²) in [5.41, 5.74) is 4.30. The third-order valence-corrected chi connectivity index (χ3v) is 2.91. The zero-order valence-corrected chi connectivity index (χ0v) is 9.01. The van der Waals surface area contributed by atoms with Crippen LogP contribution < -0.4 is 5.32 Å². The summed E-state index contributed by atoms with van der Waals surface area (Å²) < 4.78 is 0. The predicted molar refractivity (Wildman–Crippen MR) is 60.6 cm³/mol. The van der Waals surface area contributed by atoms with Crippen LogP contribution in [0.5, 0.6) is 0 Å². The van der Waals surface area contributed by atoms with E-state index in [1.807, 2.05) is 0 Å². The van der Waals surface area contributed by atoms with Gasteiger partial charge in [0.25, 0.3) is 0 Å². The topological polar surface area (TPSA) is 15.3 Å². The molecule has 0 bridgehead atoms. The van der Waals surface area contributed by atoms with Gasteiger partial charge in [0.05, 0.1) is 0 Å². The van der Waals surface area contributed by atoms with Gasteiger partial charge in [0, 0.05) is 18.8 Å². The van der Waals surface area contributed by atoms with Gasteiger partial charge in [-0.25, -0.2) is 0 Å². The van der Waals surface area contributed by atoms with Crippen LogP contribution in [0.3, 0.4) is 0 Å². The molecule has 0 fully saturated rings. The number of nitrogens with one attached hydrogen (secondary N) is 1. The smallest absolute Gasteiger partial charge is 0.0419 e. The molecule has 0 saturated carbocycles. The molecule has 0 aromatic heterocycles. The Bertz CT molecular complexity index is 320. The molecular formula is C12H18N2. The maximum Gasteiger partial charge on any atom is 0.0419 e. The van der Waals surface area contributed by atoms with E-state index in [4.69, 9.17) is 0 Å². The van der Waals surface area contributed by atoms with Gasteiger partial charge in [0.15, 0.2) is 0 Å². The quantitative estimate of drug-likeness (QED) is 0.785. The second-order valence-corrected chi connectivity index (χ2v) is 3.96. The van der Waals surface area contributed by atoms with Crippen LogP contribution in [-0.4, -0.2) is 25.0 Å². The number of benzene rings is 1. The molecule has 1 heterocycles. The average Bonchev–Trinajstić information content (AvgIpc) is 2.66. The van der Waals surface area contributed by atoms with Gasteiger partial charge >= 0.3 is 0 Å². The summed E-state index contributed by atoms with van der Waals surface area (Å²) in [6.07, 6.45) is 1.18. The predicted octanol–water partition coefficient (Wildman–Crippen LogP) is 2.11. The van der Waals surface area contributed by atoms with Crippen LogP contribution in [0.1, 0.15) is 18.1 Å². The summed E-state index contributed by atoms with van der Waals surface area (Å²) in [6, 6.07) is 6.62. The largest absolute Gasteiger partial charge is 0.384 e. The first-order valence-corrected chi connectivity index (χ1v) is 5.34. The van der Waals surface area contributed by atoms with E-state index in [2.05, 4.69) is 42.4 Å². The Balaban J connectivity index is 2.22. The summed E-state index contributed by atoms with van der Waals surface area (Å²) in [5.74, 6) is 0. The molecule has 1 aromatic carbocycles. The zero-order valence-electron chi connectivity index (χ0n) is 9.01. The Labute approximate surface area is 85.9 Å². The molecule has 1 aromatic rings. The summed E-state index contributed by atoms with van der Waals surface area (Å²) in [4.78, 5) is 2.33. The monoisotopic (exact) mass is 190 g/mol. The molecule has 14 heavy (non-hydrogen) atoms. The van der Waals surface area contributed by atoms with E-state index in [-0.39, 0.29) is 0 Å². The molecule has 0 saturated heterocycles. The minimum atomic E-state index is 1.05. The minimum Gasteiger partial charge on any atom is -0.384 e. The normalized spacial score (nSPS) is 14.2. The molecule has 1 aliphatic heterocycles. The van der Waals surface area contributed by atoms with Gasteiger partial charge in [-0.05, 0) is 31.1 Å². The van der Waals surface area contributed by atoms with E-state index in [1.165, 1.54) is 23.2 Å². The van der Waals surface area contributed by atoms with E-state index < -0.39 is 0 Å². The highest BCUT2D eigenvalue weighted by atomic mass is 15.1. The van der Waals surface area contributed by atoms with Gasteiger partial charge in [0.2, 0.25) is 0 Å². The Hall–Kier alpha value is -1.02. The number of nitrogens with zero attached hydrogens (tertiary/aromatic N) is 1. The van der Waals surface area contributed by atoms with Gasteiger partial charge in [-0.3, -0.25) is 0 Å². The van der Waals surface area contributed by atoms with Gasteiger partial charge in [-0.2, -0.15) is 0 Å². The highest BCUT2D eigenvalue weighted by Crippen LogP contribution is 2.26. The Morgan fingerprint density at radius 3 is 3.07 bits per heavy atom. The Kier molecular flexibility index (Phi) is 2.73. The standard InChI is InChI=1S/C12H18N2/c1-3-14(2)9-11-6-4-5-10-7-8-13-12(10)11/h4-6,13H,3,7-9H2,1-2H3. The Morgan fingerprint density at radius 2 is 2.29 bits per heavy atom. The zero-order chi connectivity index (χ0) is 9.97. The molecule has 0 spiro atoms. The first-order valence-electron chi connectivity index (χ1n) is 5.34. The fraction of sp³-hybridized carbons (Fsp3) is 0.500. The van der Waals surface area contributed by atoms with E-state index >= 15 is 0 Å². The first kappa shape index (κ1) is 9.53. The van der Waals surface area contributed by atoms with Gasteiger partial charge in [-0.15, -0.1) is 0 Å². The third kappa shape index (κ3) is 1.75. The Morgan fingerprint density at radius 1 is 1.43 bits per heavy atom. The second-order valence-electron chi connectivity index (χ2n) is 3.96. The van der Waals surface area contributed by atoms with Crippen molar-refractivity contribution >= 4 is 5.69 Å². The molecule has 0 amide bonds. The average molecular weight is 190 g/mol. The lowest BCUT2D eigenvalue weighted by Crippen LogP contribution is -2.17. The summed E-state index contributed by atoms with van der Waals surface area (Å²) >= 11 is 0. The van der Waals surface area contributed by atoms with E-state index in [0.29, 0.717) is 0 Å². The molecule has 1 N–H and O–H groups in total. The van der Waals surface area contributed by atoms with Crippen LogP contribution in [0.15, 0.2) is 18.2 Å². The van der Waals surface area contributed by atoms with Gasteiger partial charge < -0.3 is 10.2 Å². The van der Waals surface area contributed by atoms with Crippen LogP contribution in [0, 0.1) is 0 Å². The van der Waals surface area contributed by atoms with Gasteiger partial charge in [-0.1, -0.05) is 25.1 Å². The number of fused-ring (bicyclic) bond motifs is 1. The van der Waals surface area contributed by atoms with Crippen LogP contribution in [0.2, 0.25) is 0 Å². The first-order chi connectivity index (χ1) is 6.81. The fourth-order valence-corrected chi connectivity index (χ4v) is 1.95. The van der Waals surface area contributed by atoms with E-state index in [0.717, 1.165) is 19.6 Å². The van der Waals surface area contributed by atoms with Gasteiger partial charge in [0.1, 0.15) is 0 Å². The SMILES string of the molecule is CCN(C)Cc1cccc2c1NCC2. The van der Waals surface area contributed by atoms with Crippen LogP contribution >= 0.6 is 0 Å². The molecule has 76 valence electrons. The lowest BCUT2D eigenvalue weighted by atomic mass is 10.1. The number of anilines is 1. The molecule has 2 nitrogen and oxygen atoms in total. The molecule has 2 heteroatoms. The van der Waals surface area contributed by atoms with Crippen molar-refractivity contribution < 1.29 is 0 Å². The highest BCUT2D eigenvalue weighted by Gasteiger charge is 2.13. The highest BCUT2D eigenvalue weighted by molar-refractivity contribution is 5.61. The number of hydrogen-bond acceptors (Lipinski definition) is 2. The lowest BCUT2D eigenvalue weighted by Gasteiger charge is -2.16. The van der Waals surface area contributed by atoms with E-state index in [1.54, 1.807) is 0 Å². The molecule has 0 atom stereocenters. The maximum absolute atomic E-state index is 3.47. The molecule has 1 aliphatic rings. The van der Waals surface area contributed by atoms with Crippen molar-refractivity contribution in [2.75, 3.05) is 25.5 Å². The molecule has 0 aliphatic carbocycles.